The number of carbonyl (C=O) groups excluding carboxylic acids is 1. The zero-order valence-electron chi connectivity index (χ0n) is 10.3. The van der Waals surface area contributed by atoms with Crippen molar-refractivity contribution in [1.82, 2.24) is 4.90 Å². The molecule has 0 aliphatic carbocycles. The lowest BCUT2D eigenvalue weighted by molar-refractivity contribution is 0.111. The van der Waals surface area contributed by atoms with E-state index in [0.29, 0.717) is 19.2 Å². The Bertz CT molecular complexity index is 499. The third kappa shape index (κ3) is 3.13. The van der Waals surface area contributed by atoms with E-state index in [1.54, 1.807) is 7.11 Å². The molecule has 1 fully saturated rings. The number of anilines is 1. The van der Waals surface area contributed by atoms with Crippen LogP contribution in [0.5, 0.6) is 0 Å². The van der Waals surface area contributed by atoms with Crippen molar-refractivity contribution in [1.29, 1.82) is 0 Å². The molecule has 1 N–H and O–H groups in total. The fourth-order valence-corrected chi connectivity index (χ4v) is 2.10. The van der Waals surface area contributed by atoms with Gasteiger partial charge in [0.05, 0.1) is 11.8 Å². The summed E-state index contributed by atoms with van der Waals surface area (Å²) in [6, 6.07) is 1.19. The zero-order valence-corrected chi connectivity index (χ0v) is 11.0. The Morgan fingerprint density at radius 1 is 1.53 bits per heavy atom. The highest BCUT2D eigenvalue weighted by Crippen LogP contribution is 2.27. The van der Waals surface area contributed by atoms with E-state index in [1.165, 1.54) is 4.90 Å². The van der Waals surface area contributed by atoms with Crippen molar-refractivity contribution in [2.75, 3.05) is 25.5 Å². The maximum Gasteiger partial charge on any atom is 0.321 e. The number of carbonyl (C=O) groups is 1. The Labute approximate surface area is 114 Å². The topological polar surface area (TPSA) is 41.6 Å². The predicted octanol–water partition coefficient (Wildman–Crippen LogP) is 2.87. The molecule has 1 atom stereocenters. The van der Waals surface area contributed by atoms with Crippen molar-refractivity contribution >= 4 is 23.3 Å². The van der Waals surface area contributed by atoms with Gasteiger partial charge in [-0.1, -0.05) is 11.6 Å². The van der Waals surface area contributed by atoms with Crippen LogP contribution < -0.4 is 5.32 Å². The second-order valence-electron chi connectivity index (χ2n) is 4.27. The molecule has 0 aromatic heterocycles. The quantitative estimate of drug-likeness (QED) is 0.851. The minimum Gasteiger partial charge on any atom is -0.380 e. The summed E-state index contributed by atoms with van der Waals surface area (Å²) in [4.78, 5) is 13.4. The SMILES string of the molecule is CO[C@@H]1CCN(C(=O)Nc2cc(F)cc(F)c2Cl)C1. The summed E-state index contributed by atoms with van der Waals surface area (Å²) in [5.74, 6) is -1.71. The fraction of sp³-hybridized carbons (Fsp3) is 0.417. The first-order valence-corrected chi connectivity index (χ1v) is 6.12. The molecule has 2 rings (SSSR count). The second kappa shape index (κ2) is 5.71. The third-order valence-electron chi connectivity index (χ3n) is 3.00. The standard InChI is InChI=1S/C12H13ClF2N2O2/c1-19-8-2-3-17(6-8)12(18)16-10-5-7(14)4-9(15)11(10)13/h4-5,8H,2-3,6H2,1H3,(H,16,18)/t8-/m1/s1. The van der Waals surface area contributed by atoms with Crippen LogP contribution in [0.4, 0.5) is 19.3 Å². The summed E-state index contributed by atoms with van der Waals surface area (Å²) >= 11 is 5.67. The van der Waals surface area contributed by atoms with E-state index in [1.807, 2.05) is 0 Å². The third-order valence-corrected chi connectivity index (χ3v) is 3.38. The number of nitrogens with one attached hydrogen (secondary N) is 1. The van der Waals surface area contributed by atoms with Crippen molar-refractivity contribution in [3.05, 3.63) is 28.8 Å². The number of amides is 2. The van der Waals surface area contributed by atoms with E-state index < -0.39 is 17.7 Å². The second-order valence-corrected chi connectivity index (χ2v) is 4.65. The van der Waals surface area contributed by atoms with E-state index in [0.717, 1.165) is 12.5 Å². The van der Waals surface area contributed by atoms with E-state index in [2.05, 4.69) is 5.32 Å². The van der Waals surface area contributed by atoms with Gasteiger partial charge in [0.2, 0.25) is 0 Å². The highest BCUT2D eigenvalue weighted by atomic mass is 35.5. The van der Waals surface area contributed by atoms with Gasteiger partial charge in [0.1, 0.15) is 16.7 Å². The van der Waals surface area contributed by atoms with Crippen molar-refractivity contribution in [2.45, 2.75) is 12.5 Å². The highest BCUT2D eigenvalue weighted by Gasteiger charge is 2.26. The van der Waals surface area contributed by atoms with Gasteiger partial charge in [0.15, 0.2) is 0 Å². The molecule has 0 bridgehead atoms. The van der Waals surface area contributed by atoms with Gasteiger partial charge < -0.3 is 15.0 Å². The summed E-state index contributed by atoms with van der Waals surface area (Å²) in [5, 5.41) is 2.09. The summed E-state index contributed by atoms with van der Waals surface area (Å²) in [6.45, 7) is 0.970. The molecule has 4 nitrogen and oxygen atoms in total. The van der Waals surface area contributed by atoms with Crippen molar-refractivity contribution in [3.63, 3.8) is 0 Å². The van der Waals surface area contributed by atoms with Gasteiger partial charge in [-0.15, -0.1) is 0 Å². The van der Waals surface area contributed by atoms with Gasteiger partial charge in [0, 0.05) is 26.3 Å². The molecule has 1 aliphatic heterocycles. The van der Waals surface area contributed by atoms with Crippen LogP contribution in [0.2, 0.25) is 5.02 Å². The van der Waals surface area contributed by atoms with Crippen molar-refractivity contribution < 1.29 is 18.3 Å². The van der Waals surface area contributed by atoms with Crippen LogP contribution in [-0.2, 0) is 4.74 Å². The van der Waals surface area contributed by atoms with E-state index in [9.17, 15) is 13.6 Å². The fourth-order valence-electron chi connectivity index (χ4n) is 1.95. The number of halogens is 3. The first kappa shape index (κ1) is 14.0. The molecule has 0 spiro atoms. The number of methoxy groups -OCH3 is 1. The molecule has 0 unspecified atom stereocenters. The van der Waals surface area contributed by atoms with E-state index >= 15 is 0 Å². The summed E-state index contributed by atoms with van der Waals surface area (Å²) in [5.41, 5.74) is -0.0787. The Kier molecular flexibility index (Phi) is 4.21. The van der Waals surface area contributed by atoms with Gasteiger partial charge in [0.25, 0.3) is 0 Å². The van der Waals surface area contributed by atoms with Gasteiger partial charge >= 0.3 is 6.03 Å². The molecule has 0 saturated carbocycles. The predicted molar refractivity (Wildman–Crippen MR) is 67.4 cm³/mol. The summed E-state index contributed by atoms with van der Waals surface area (Å²) in [7, 11) is 1.57. The number of hydrogen-bond acceptors (Lipinski definition) is 2. The van der Waals surface area contributed by atoms with E-state index in [-0.39, 0.29) is 16.8 Å². The molecule has 7 heteroatoms. The largest absolute Gasteiger partial charge is 0.380 e. The number of urea groups is 1. The minimum atomic E-state index is -0.909. The molecular weight excluding hydrogens is 278 g/mol. The first-order chi connectivity index (χ1) is 9.01. The van der Waals surface area contributed by atoms with Crippen LogP contribution in [0, 0.1) is 11.6 Å². The van der Waals surface area contributed by atoms with Crippen LogP contribution in [-0.4, -0.2) is 37.2 Å². The van der Waals surface area contributed by atoms with E-state index in [4.69, 9.17) is 16.3 Å². The Morgan fingerprint density at radius 2 is 2.26 bits per heavy atom. The molecule has 1 aromatic carbocycles. The van der Waals surface area contributed by atoms with Crippen LogP contribution in [0.1, 0.15) is 6.42 Å². The molecule has 19 heavy (non-hydrogen) atoms. The smallest absolute Gasteiger partial charge is 0.321 e. The number of benzene rings is 1. The van der Waals surface area contributed by atoms with Gasteiger partial charge in [-0.2, -0.15) is 0 Å². The molecule has 2 amide bonds. The van der Waals surface area contributed by atoms with Crippen molar-refractivity contribution in [3.8, 4) is 0 Å². The van der Waals surface area contributed by atoms with Gasteiger partial charge in [-0.25, -0.2) is 13.6 Å². The Hall–Kier alpha value is -1.40. The molecule has 1 aliphatic rings. The van der Waals surface area contributed by atoms with Gasteiger partial charge in [-0.3, -0.25) is 0 Å². The molecule has 0 radical (unpaired) electrons. The number of nitrogens with zero attached hydrogens (tertiary/aromatic N) is 1. The molecule has 104 valence electrons. The van der Waals surface area contributed by atoms with Crippen LogP contribution in [0.15, 0.2) is 12.1 Å². The normalized spacial score (nSPS) is 18.7. The Morgan fingerprint density at radius 3 is 2.89 bits per heavy atom. The molecule has 1 aromatic rings. The van der Waals surface area contributed by atoms with Crippen LogP contribution in [0.3, 0.4) is 0 Å². The molecular formula is C12H13ClF2N2O2. The first-order valence-electron chi connectivity index (χ1n) is 5.74. The number of rotatable bonds is 2. The lowest BCUT2D eigenvalue weighted by atomic mass is 10.3. The monoisotopic (exact) mass is 290 g/mol. The molecule has 1 heterocycles. The maximum atomic E-state index is 13.2. The number of hydrogen-bond donors (Lipinski definition) is 1. The lowest BCUT2D eigenvalue weighted by Crippen LogP contribution is -2.34. The summed E-state index contributed by atoms with van der Waals surface area (Å²) < 4.78 is 31.4. The Balaban J connectivity index is 2.07. The zero-order chi connectivity index (χ0) is 14.0. The minimum absolute atomic E-state index is 0.00883. The molecule has 1 saturated heterocycles. The van der Waals surface area contributed by atoms with Crippen molar-refractivity contribution in [2.24, 2.45) is 0 Å². The van der Waals surface area contributed by atoms with Gasteiger partial charge in [-0.05, 0) is 12.5 Å². The lowest BCUT2D eigenvalue weighted by Gasteiger charge is -2.17. The summed E-state index contributed by atoms with van der Waals surface area (Å²) in [6.07, 6.45) is 0.722. The number of ether oxygens (including phenoxy) is 1. The number of likely N-dealkylation sites (tertiary alicyclic amines) is 1. The maximum absolute atomic E-state index is 13.2. The van der Waals surface area contributed by atoms with Crippen LogP contribution >= 0.6 is 11.6 Å². The average molecular weight is 291 g/mol. The highest BCUT2D eigenvalue weighted by molar-refractivity contribution is 6.33. The van der Waals surface area contributed by atoms with Crippen LogP contribution in [0.25, 0.3) is 0 Å². The average Bonchev–Trinajstić information content (AvgIpc) is 2.84.